The van der Waals surface area contributed by atoms with Crippen LogP contribution < -0.4 is 0 Å². The number of benzene rings is 1. The molecule has 0 saturated carbocycles. The van der Waals surface area contributed by atoms with Crippen LogP contribution in [0, 0.1) is 0 Å². The van der Waals surface area contributed by atoms with Gasteiger partial charge >= 0.3 is 0 Å². The van der Waals surface area contributed by atoms with Crippen molar-refractivity contribution >= 4 is 39.3 Å². The van der Waals surface area contributed by atoms with E-state index in [0.29, 0.717) is 5.02 Å². The number of halogens is 2. The van der Waals surface area contributed by atoms with E-state index in [2.05, 4.69) is 33.0 Å². The molecule has 2 rings (SSSR count). The molecular formula is C12H9BrClNS. The second kappa shape index (κ2) is 5.71. The zero-order chi connectivity index (χ0) is 11.4. The SMILES string of the molecule is Clc1cc(Br)cnc1SCc1ccccc1. The van der Waals surface area contributed by atoms with Crippen molar-refractivity contribution in [1.29, 1.82) is 0 Å². The van der Waals surface area contributed by atoms with E-state index >= 15 is 0 Å². The predicted octanol–water partition coefficient (Wildman–Crippen LogP) is 4.79. The summed E-state index contributed by atoms with van der Waals surface area (Å²) in [4.78, 5) is 4.28. The van der Waals surface area contributed by atoms with Crippen LogP contribution in [0.2, 0.25) is 5.02 Å². The number of hydrogen-bond acceptors (Lipinski definition) is 2. The molecule has 0 aliphatic heterocycles. The first-order valence-electron chi connectivity index (χ1n) is 4.73. The van der Waals surface area contributed by atoms with Gasteiger partial charge in [0.25, 0.3) is 0 Å². The quantitative estimate of drug-likeness (QED) is 0.756. The molecule has 1 aromatic carbocycles. The molecule has 0 saturated heterocycles. The van der Waals surface area contributed by atoms with Crippen LogP contribution in [0.15, 0.2) is 52.1 Å². The summed E-state index contributed by atoms with van der Waals surface area (Å²) >= 11 is 11.1. The summed E-state index contributed by atoms with van der Waals surface area (Å²) in [6.45, 7) is 0. The Hall–Kier alpha value is -0.510. The minimum atomic E-state index is 0.690. The first kappa shape index (κ1) is 12.0. The molecule has 0 atom stereocenters. The molecule has 4 heteroatoms. The highest BCUT2D eigenvalue weighted by Gasteiger charge is 2.03. The van der Waals surface area contributed by atoms with Crippen molar-refractivity contribution in [2.75, 3.05) is 0 Å². The van der Waals surface area contributed by atoms with Gasteiger partial charge in [0.1, 0.15) is 5.03 Å². The lowest BCUT2D eigenvalue weighted by molar-refractivity contribution is 1.12. The zero-order valence-corrected chi connectivity index (χ0v) is 11.5. The Morgan fingerprint density at radius 3 is 2.69 bits per heavy atom. The standard InChI is InChI=1S/C12H9BrClNS/c13-10-6-11(14)12(15-7-10)16-8-9-4-2-1-3-5-9/h1-7H,8H2. The summed E-state index contributed by atoms with van der Waals surface area (Å²) in [5.74, 6) is 0.884. The van der Waals surface area contributed by atoms with Gasteiger partial charge in [-0.3, -0.25) is 0 Å². The fourth-order valence-corrected chi connectivity index (χ4v) is 2.85. The van der Waals surface area contributed by atoms with Crippen LogP contribution in [0.5, 0.6) is 0 Å². The molecule has 0 spiro atoms. The summed E-state index contributed by atoms with van der Waals surface area (Å²) < 4.78 is 0.904. The summed E-state index contributed by atoms with van der Waals surface area (Å²) in [7, 11) is 0. The zero-order valence-electron chi connectivity index (χ0n) is 8.36. The molecule has 0 amide bonds. The van der Waals surface area contributed by atoms with E-state index in [1.54, 1.807) is 18.0 Å². The van der Waals surface area contributed by atoms with Crippen LogP contribution in [0.25, 0.3) is 0 Å². The van der Waals surface area contributed by atoms with Crippen LogP contribution >= 0.6 is 39.3 Å². The Kier molecular flexibility index (Phi) is 4.27. The predicted molar refractivity (Wildman–Crippen MR) is 73.0 cm³/mol. The Balaban J connectivity index is 2.05. The van der Waals surface area contributed by atoms with Crippen molar-refractivity contribution in [2.45, 2.75) is 10.8 Å². The summed E-state index contributed by atoms with van der Waals surface area (Å²) in [5, 5.41) is 1.56. The molecule has 0 unspecified atom stereocenters. The summed E-state index contributed by atoms with van der Waals surface area (Å²) in [6.07, 6.45) is 1.76. The Morgan fingerprint density at radius 1 is 1.25 bits per heavy atom. The molecule has 1 nitrogen and oxygen atoms in total. The smallest absolute Gasteiger partial charge is 0.115 e. The van der Waals surface area contributed by atoms with Gasteiger partial charge in [0, 0.05) is 16.4 Å². The second-order valence-electron chi connectivity index (χ2n) is 3.21. The highest BCUT2D eigenvalue weighted by molar-refractivity contribution is 9.10. The van der Waals surface area contributed by atoms with E-state index < -0.39 is 0 Å². The average molecular weight is 315 g/mol. The van der Waals surface area contributed by atoms with Gasteiger partial charge < -0.3 is 0 Å². The van der Waals surface area contributed by atoms with Crippen molar-refractivity contribution in [3.63, 3.8) is 0 Å². The van der Waals surface area contributed by atoms with E-state index in [0.717, 1.165) is 15.3 Å². The van der Waals surface area contributed by atoms with Gasteiger partial charge in [-0.05, 0) is 27.6 Å². The van der Waals surface area contributed by atoms with Crippen LogP contribution in [-0.2, 0) is 5.75 Å². The van der Waals surface area contributed by atoms with Crippen LogP contribution in [0.3, 0.4) is 0 Å². The Labute approximate surface area is 112 Å². The first-order chi connectivity index (χ1) is 7.75. The Morgan fingerprint density at radius 2 is 2.00 bits per heavy atom. The molecular weight excluding hydrogens is 306 g/mol. The molecule has 0 fully saturated rings. The number of pyridine rings is 1. The first-order valence-corrected chi connectivity index (χ1v) is 6.89. The number of hydrogen-bond donors (Lipinski definition) is 0. The van der Waals surface area contributed by atoms with Crippen molar-refractivity contribution in [2.24, 2.45) is 0 Å². The fraction of sp³-hybridized carbons (Fsp3) is 0.0833. The van der Waals surface area contributed by atoms with Gasteiger partial charge in [-0.1, -0.05) is 41.9 Å². The molecule has 2 aromatic rings. The molecule has 1 heterocycles. The van der Waals surface area contributed by atoms with Gasteiger partial charge in [0.2, 0.25) is 0 Å². The fourth-order valence-electron chi connectivity index (χ4n) is 1.23. The van der Waals surface area contributed by atoms with E-state index in [1.165, 1.54) is 5.56 Å². The van der Waals surface area contributed by atoms with Crippen molar-refractivity contribution in [3.8, 4) is 0 Å². The van der Waals surface area contributed by atoms with Crippen molar-refractivity contribution in [1.82, 2.24) is 4.98 Å². The highest BCUT2D eigenvalue weighted by atomic mass is 79.9. The topological polar surface area (TPSA) is 12.9 Å². The molecule has 0 aliphatic carbocycles. The highest BCUT2D eigenvalue weighted by Crippen LogP contribution is 2.29. The average Bonchev–Trinajstić information content (AvgIpc) is 2.29. The van der Waals surface area contributed by atoms with Gasteiger partial charge in [0.15, 0.2) is 0 Å². The van der Waals surface area contributed by atoms with Gasteiger partial charge in [-0.25, -0.2) is 4.98 Å². The van der Waals surface area contributed by atoms with Crippen LogP contribution in [-0.4, -0.2) is 4.98 Å². The Bertz CT molecular complexity index is 476. The number of rotatable bonds is 3. The lowest BCUT2D eigenvalue weighted by Crippen LogP contribution is -1.84. The summed E-state index contributed by atoms with van der Waals surface area (Å²) in [5.41, 5.74) is 1.27. The lowest BCUT2D eigenvalue weighted by Gasteiger charge is -2.03. The maximum atomic E-state index is 6.08. The summed E-state index contributed by atoms with van der Waals surface area (Å²) in [6, 6.07) is 12.1. The van der Waals surface area contributed by atoms with Gasteiger partial charge in [-0.2, -0.15) is 0 Å². The van der Waals surface area contributed by atoms with E-state index in [-0.39, 0.29) is 0 Å². The van der Waals surface area contributed by atoms with Gasteiger partial charge in [-0.15, -0.1) is 11.8 Å². The third-order valence-electron chi connectivity index (χ3n) is 1.99. The van der Waals surface area contributed by atoms with Gasteiger partial charge in [0.05, 0.1) is 5.02 Å². The molecule has 16 heavy (non-hydrogen) atoms. The number of aromatic nitrogens is 1. The minimum absolute atomic E-state index is 0.690. The van der Waals surface area contributed by atoms with E-state index in [4.69, 9.17) is 11.6 Å². The normalized spacial score (nSPS) is 10.4. The molecule has 0 bridgehead atoms. The molecule has 0 radical (unpaired) electrons. The van der Waals surface area contributed by atoms with Crippen LogP contribution in [0.1, 0.15) is 5.56 Å². The molecule has 1 aromatic heterocycles. The maximum absolute atomic E-state index is 6.08. The molecule has 0 aliphatic rings. The minimum Gasteiger partial charge on any atom is -0.247 e. The van der Waals surface area contributed by atoms with Crippen LogP contribution in [0.4, 0.5) is 0 Å². The number of thioether (sulfide) groups is 1. The molecule has 82 valence electrons. The van der Waals surface area contributed by atoms with Crippen molar-refractivity contribution in [3.05, 3.63) is 57.7 Å². The largest absolute Gasteiger partial charge is 0.247 e. The monoisotopic (exact) mass is 313 g/mol. The molecule has 0 N–H and O–H groups in total. The third-order valence-corrected chi connectivity index (χ3v) is 3.90. The lowest BCUT2D eigenvalue weighted by atomic mass is 10.2. The van der Waals surface area contributed by atoms with Crippen molar-refractivity contribution < 1.29 is 0 Å². The van der Waals surface area contributed by atoms with E-state index in [1.807, 2.05) is 24.3 Å². The third kappa shape index (κ3) is 3.24. The number of nitrogens with zero attached hydrogens (tertiary/aromatic N) is 1. The van der Waals surface area contributed by atoms with E-state index in [9.17, 15) is 0 Å². The second-order valence-corrected chi connectivity index (χ2v) is 5.50. The maximum Gasteiger partial charge on any atom is 0.115 e.